The van der Waals surface area contributed by atoms with E-state index in [2.05, 4.69) is 260 Å². The Balaban J connectivity index is 0.000000103. The lowest BCUT2D eigenvalue weighted by molar-refractivity contribution is -0.660. The summed E-state index contributed by atoms with van der Waals surface area (Å²) in [6, 6.07) is 91.3. The molecule has 0 atom stereocenters. The predicted molar refractivity (Wildman–Crippen MR) is 581 cm³/mol. The first-order valence-electron chi connectivity index (χ1n) is 53.0. The Morgan fingerprint density at radius 1 is 0.287 bits per heavy atom. The first-order chi connectivity index (χ1) is 71.9. The highest BCUT2D eigenvalue weighted by atomic mass is 16.4. The Kier molecular flexibility index (Phi) is 22.2. The van der Waals surface area contributed by atoms with Crippen LogP contribution in [0.1, 0.15) is 130 Å². The summed E-state index contributed by atoms with van der Waals surface area (Å²) in [5.41, 5.74) is 30.6. The Hall–Kier alpha value is -16.0. The van der Waals surface area contributed by atoms with Gasteiger partial charge in [-0.3, -0.25) is 0 Å². The molecule has 25 aromatic rings. The lowest BCUT2D eigenvalue weighted by Gasteiger charge is -2.21. The van der Waals surface area contributed by atoms with Crippen LogP contribution in [0.25, 0.3) is 221 Å². The summed E-state index contributed by atoms with van der Waals surface area (Å²) in [5, 5.41) is 18.4. The van der Waals surface area contributed by atoms with Crippen molar-refractivity contribution in [1.29, 1.82) is 0 Å². The minimum atomic E-state index is -1.40. The molecule has 0 amide bonds. The number of benzene rings is 10. The molecule has 2 aliphatic rings. The minimum Gasteiger partial charge on any atom is -0.438 e. The number of fused-ring (bicyclic) bond motifs is 22. The molecule has 704 valence electrons. The number of rotatable bonds is 11. The first-order valence-corrected chi connectivity index (χ1v) is 50.0. The van der Waals surface area contributed by atoms with Crippen molar-refractivity contribution in [2.75, 3.05) is 0 Å². The molecule has 0 unspecified atom stereocenters. The average molecular weight is 1880 g/mol. The van der Waals surface area contributed by atoms with Gasteiger partial charge in [-0.05, 0) is 242 Å². The van der Waals surface area contributed by atoms with Gasteiger partial charge < -0.3 is 22.1 Å². The van der Waals surface area contributed by atoms with E-state index in [-0.39, 0.29) is 17.8 Å². The molecule has 0 spiro atoms. The Bertz CT molecular complexity index is 9680. The zero-order valence-electron chi connectivity index (χ0n) is 89.1. The molecule has 2 saturated carbocycles. The Morgan fingerprint density at radius 2 is 0.601 bits per heavy atom. The van der Waals surface area contributed by atoms with Crippen LogP contribution in [0, 0.1) is 59.3 Å². The largest absolute Gasteiger partial charge is 0.438 e. The molecule has 10 aromatic carbocycles. The molecule has 0 aliphatic heterocycles. The van der Waals surface area contributed by atoms with Gasteiger partial charge in [0.15, 0.2) is 31.0 Å². The standard InChI is InChI=1S/C29H29N2O.C28H27N2O.C26H25N2O.C23H19N2O.C22H17N2O/c1-19-14-28-24(25-17-22-10-6-7-11-26(22)30-29(25)32-28)18-23(19)27-16-21(12-13-31(27)2)15-20-8-4-3-5-9-20;1-18-13-27-23(24-16-21-9-5-6-10-25(21)29-28(24)31-27)17-22(18)26-15-20(11-12-30(26)2)14-19-7-3-4-8-19;1-16(2)11-18-9-10-28(4)24(13-18)20-15-21-22-14-19-7-5-6-8-23(19)27-26(22)29-25(21)12-17(20)3;1-14-8-9-25(3)20(10-14)18-12-19-21(11-15(18)2)26-23-22(19)17-7-5-4-6-16(17)13-24-23;1-14-11-20-18(12-17(14)19-9-5-6-10-24(19)2)21-16-8-4-3-7-15(16)13-23-22(21)25-20/h6-7,10-14,16-18,20H,3-5,8-9,15H2,1-2H3;5-6,9-13,15-17,19H,3-4,7-8,14H2,1-2H3;5-10,12-16H,11H2,1-4H3;4-13H,1-3H3;3-13H,1-2H3/q5*+1/i15D2;14D2;11D2;;. The summed E-state index contributed by atoms with van der Waals surface area (Å²) in [4.78, 5) is 23.2. The summed E-state index contributed by atoms with van der Waals surface area (Å²) < 4.78 is 93.8. The van der Waals surface area contributed by atoms with Gasteiger partial charge in [-0.1, -0.05) is 175 Å². The third-order valence-corrected chi connectivity index (χ3v) is 29.0. The van der Waals surface area contributed by atoms with Gasteiger partial charge in [-0.25, -0.2) is 47.8 Å². The smallest absolute Gasteiger partial charge is 0.227 e. The van der Waals surface area contributed by atoms with E-state index in [4.69, 9.17) is 45.3 Å². The highest BCUT2D eigenvalue weighted by Gasteiger charge is 2.28. The second kappa shape index (κ2) is 37.9. The number of para-hydroxylation sites is 3. The van der Waals surface area contributed by atoms with E-state index in [9.17, 15) is 0 Å². The molecule has 0 saturated heterocycles. The lowest BCUT2D eigenvalue weighted by Crippen LogP contribution is -2.31. The summed E-state index contributed by atoms with van der Waals surface area (Å²) in [5.74, 6) is 0.0650. The SMILES string of the molecule is Cc1cc2oc3ncc4ccccc4c3c2cc1-c1cccc[n+]1C.Cc1cc[n+](C)c(-c2cc3c(cc2C)oc2ncc4ccccc4c23)c1.[2H]C([2H])(c1cc[n+](C)c(-c2cc3c(cc2C)oc2nc4ccccc4cc23)c1)C(C)C.[2H]C([2H])(c1cc[n+](C)c(-c2cc3c(cc2C)oc2nc4ccccc4cc23)c1)C1CCCC1.[2H]C([2H])(c1cc[n+](C)c(-c2cc3c(cc2C)oc2nc4ccccc4cc23)c1)C1CCCCC1. The maximum Gasteiger partial charge on any atom is 0.227 e. The highest BCUT2D eigenvalue weighted by Crippen LogP contribution is 2.44. The van der Waals surface area contributed by atoms with Crippen molar-refractivity contribution in [3.05, 3.63) is 360 Å². The third-order valence-electron chi connectivity index (χ3n) is 29.0. The van der Waals surface area contributed by atoms with Gasteiger partial charge in [0.25, 0.3) is 0 Å². The summed E-state index contributed by atoms with van der Waals surface area (Å²) in [7, 11) is 10.2. The molecule has 143 heavy (non-hydrogen) atoms. The third kappa shape index (κ3) is 17.7. The fourth-order valence-corrected chi connectivity index (χ4v) is 21.5. The van der Waals surface area contributed by atoms with Gasteiger partial charge in [-0.2, -0.15) is 0 Å². The van der Waals surface area contributed by atoms with Crippen LogP contribution in [0.4, 0.5) is 0 Å². The van der Waals surface area contributed by atoms with Crippen LogP contribution in [-0.4, -0.2) is 24.9 Å². The van der Waals surface area contributed by atoms with Gasteiger partial charge in [0.1, 0.15) is 63.2 Å². The monoisotopic (exact) mass is 1880 g/mol. The van der Waals surface area contributed by atoms with Crippen LogP contribution in [0.3, 0.4) is 0 Å². The van der Waals surface area contributed by atoms with Crippen LogP contribution >= 0.6 is 0 Å². The van der Waals surface area contributed by atoms with Crippen molar-refractivity contribution >= 4 is 165 Å². The number of nitrogens with zero attached hydrogens (tertiary/aromatic N) is 10. The van der Waals surface area contributed by atoms with E-state index in [0.29, 0.717) is 34.1 Å². The molecule has 15 heteroatoms. The fourth-order valence-electron chi connectivity index (χ4n) is 21.5. The number of hydrogen-bond donors (Lipinski definition) is 0. The summed E-state index contributed by atoms with van der Waals surface area (Å²) in [6.45, 7) is 16.5. The molecule has 15 aromatic heterocycles. The number of hydrogen-bond acceptors (Lipinski definition) is 10. The molecule has 15 heterocycles. The van der Waals surface area contributed by atoms with Crippen molar-refractivity contribution in [3.8, 4) is 56.3 Å². The maximum absolute atomic E-state index is 8.97. The lowest BCUT2D eigenvalue weighted by atomic mass is 9.85. The van der Waals surface area contributed by atoms with Crippen LogP contribution in [0.15, 0.2) is 332 Å². The predicted octanol–water partition coefficient (Wildman–Crippen LogP) is 30.0. The zero-order chi connectivity index (χ0) is 103. The van der Waals surface area contributed by atoms with Crippen LogP contribution in [0.2, 0.25) is 0 Å². The average Bonchev–Trinajstić information content (AvgIpc) is 1.62. The quantitative estimate of drug-likeness (QED) is 0.115. The normalized spacial score (nSPS) is 14.1. The van der Waals surface area contributed by atoms with Gasteiger partial charge in [0.05, 0.1) is 27.3 Å². The van der Waals surface area contributed by atoms with Crippen LogP contribution in [0.5, 0.6) is 0 Å². The van der Waals surface area contributed by atoms with E-state index < -0.39 is 19.1 Å². The number of pyridine rings is 10. The molecular weight excluding hydrogens is 1760 g/mol. The minimum absolute atomic E-state index is 0.0857. The number of aryl methyl sites for hydroxylation is 11. The van der Waals surface area contributed by atoms with Gasteiger partial charge in [0, 0.05) is 179 Å². The van der Waals surface area contributed by atoms with Crippen molar-refractivity contribution in [2.24, 2.45) is 53.0 Å². The van der Waals surface area contributed by atoms with Crippen LogP contribution < -0.4 is 22.8 Å². The van der Waals surface area contributed by atoms with Crippen molar-refractivity contribution in [3.63, 3.8) is 0 Å². The second-order valence-electron chi connectivity index (χ2n) is 39.5. The molecular formula is C128H117N10O5+5. The number of furan rings is 5. The van der Waals surface area contributed by atoms with Crippen molar-refractivity contribution in [2.45, 2.75) is 132 Å². The number of aromatic nitrogens is 10. The van der Waals surface area contributed by atoms with E-state index in [1.165, 1.54) is 56.4 Å². The van der Waals surface area contributed by atoms with Gasteiger partial charge in [0.2, 0.25) is 57.0 Å². The van der Waals surface area contributed by atoms with E-state index in [1.807, 2.05) is 174 Å². The molecule has 0 radical (unpaired) electrons. The molecule has 2 aliphatic carbocycles. The fraction of sp³-hybridized carbons (Fsp3) is 0.219. The Labute approximate surface area is 839 Å². The second-order valence-corrected chi connectivity index (χ2v) is 39.5. The molecule has 0 N–H and O–H groups in total. The zero-order valence-corrected chi connectivity index (χ0v) is 83.1. The first kappa shape index (κ1) is 83.9. The maximum atomic E-state index is 8.97. The van der Waals surface area contributed by atoms with Crippen LogP contribution in [-0.2, 0) is 54.4 Å². The van der Waals surface area contributed by atoms with Crippen molar-refractivity contribution < 1.29 is 53.1 Å². The summed E-state index contributed by atoms with van der Waals surface area (Å²) in [6.07, 6.45) is 19.4. The van der Waals surface area contributed by atoms with Gasteiger partial charge in [-0.15, -0.1) is 0 Å². The van der Waals surface area contributed by atoms with E-state index in [1.54, 1.807) is 0 Å². The molecule has 27 rings (SSSR count). The summed E-state index contributed by atoms with van der Waals surface area (Å²) >= 11 is 0. The molecule has 2 fully saturated rings. The highest BCUT2D eigenvalue weighted by molar-refractivity contribution is 6.20. The Morgan fingerprint density at radius 3 is 1.00 bits per heavy atom. The van der Waals surface area contributed by atoms with Crippen molar-refractivity contribution in [1.82, 2.24) is 24.9 Å². The van der Waals surface area contributed by atoms with E-state index >= 15 is 0 Å². The molecule has 0 bridgehead atoms. The van der Waals surface area contributed by atoms with E-state index in [0.717, 1.165) is 238 Å². The van der Waals surface area contributed by atoms with Gasteiger partial charge >= 0.3 is 0 Å². The molecule has 15 nitrogen and oxygen atoms in total. The topological polar surface area (TPSA) is 150 Å².